The van der Waals surface area contributed by atoms with Crippen LogP contribution in [0.3, 0.4) is 0 Å². The summed E-state index contributed by atoms with van der Waals surface area (Å²) in [5, 5.41) is 11.5. The molecule has 0 atom stereocenters. The largest absolute Gasteiger partial charge is 0.481 e. The first-order chi connectivity index (χ1) is 13.3. The first-order valence-corrected chi connectivity index (χ1v) is 9.55. The Morgan fingerprint density at radius 1 is 1.11 bits per heavy atom. The number of carboxylic acid groups (broad SMARTS) is 1. The number of carbonyl (C=O) groups is 3. The minimum Gasteiger partial charge on any atom is -0.481 e. The molecule has 1 aromatic carbocycles. The highest BCUT2D eigenvalue weighted by Crippen LogP contribution is 2.26. The highest BCUT2D eigenvalue weighted by molar-refractivity contribution is 5.85. The summed E-state index contributed by atoms with van der Waals surface area (Å²) in [6, 6.07) is 3.26. The molecule has 28 heavy (non-hydrogen) atoms. The van der Waals surface area contributed by atoms with Gasteiger partial charge in [-0.25, -0.2) is 8.78 Å². The third kappa shape index (κ3) is 7.25. The van der Waals surface area contributed by atoms with Crippen molar-refractivity contribution in [3.8, 4) is 0 Å². The van der Waals surface area contributed by atoms with E-state index in [0.29, 0.717) is 17.9 Å². The summed E-state index contributed by atoms with van der Waals surface area (Å²) in [5.74, 6) is -3.45. The minimum absolute atomic E-state index is 0.0676. The van der Waals surface area contributed by atoms with Crippen LogP contribution in [-0.4, -0.2) is 40.9 Å². The SMILES string of the molecule is O=C(O)CCN(Cc1ccc(F)c(F)c1)C(=O)CNC(=O)CC1CCCCC1. The van der Waals surface area contributed by atoms with Crippen LogP contribution in [0, 0.1) is 17.6 Å². The molecule has 0 radical (unpaired) electrons. The number of nitrogens with zero attached hydrogens (tertiary/aromatic N) is 1. The van der Waals surface area contributed by atoms with E-state index >= 15 is 0 Å². The molecule has 1 aromatic rings. The number of aliphatic carboxylic acids is 1. The van der Waals surface area contributed by atoms with Crippen molar-refractivity contribution in [2.75, 3.05) is 13.1 Å². The van der Waals surface area contributed by atoms with Gasteiger partial charge in [0.1, 0.15) is 0 Å². The molecule has 0 aromatic heterocycles. The molecule has 154 valence electrons. The molecule has 2 N–H and O–H groups in total. The molecule has 0 unspecified atom stereocenters. The van der Waals surface area contributed by atoms with Gasteiger partial charge in [0.2, 0.25) is 11.8 Å². The van der Waals surface area contributed by atoms with Crippen LogP contribution in [-0.2, 0) is 20.9 Å². The normalized spacial score (nSPS) is 14.5. The lowest BCUT2D eigenvalue weighted by molar-refractivity contribution is -0.139. The van der Waals surface area contributed by atoms with Crippen molar-refractivity contribution in [2.24, 2.45) is 5.92 Å². The van der Waals surface area contributed by atoms with Gasteiger partial charge in [-0.1, -0.05) is 25.3 Å². The van der Waals surface area contributed by atoms with Gasteiger partial charge >= 0.3 is 5.97 Å². The molecule has 8 heteroatoms. The highest BCUT2D eigenvalue weighted by Gasteiger charge is 2.20. The second-order valence-electron chi connectivity index (χ2n) is 7.19. The lowest BCUT2D eigenvalue weighted by atomic mass is 9.87. The van der Waals surface area contributed by atoms with Gasteiger partial charge in [-0.2, -0.15) is 0 Å². The van der Waals surface area contributed by atoms with Gasteiger partial charge in [0.05, 0.1) is 13.0 Å². The number of amides is 2. The Hall–Kier alpha value is -2.51. The maximum Gasteiger partial charge on any atom is 0.305 e. The number of carbonyl (C=O) groups excluding carboxylic acids is 2. The van der Waals surface area contributed by atoms with Crippen LogP contribution >= 0.6 is 0 Å². The van der Waals surface area contributed by atoms with E-state index in [1.165, 1.54) is 17.4 Å². The van der Waals surface area contributed by atoms with Crippen molar-refractivity contribution in [3.05, 3.63) is 35.4 Å². The molecule has 1 saturated carbocycles. The first-order valence-electron chi connectivity index (χ1n) is 9.55. The fourth-order valence-corrected chi connectivity index (χ4v) is 3.39. The second-order valence-corrected chi connectivity index (χ2v) is 7.19. The predicted molar refractivity (Wildman–Crippen MR) is 98.2 cm³/mol. The lowest BCUT2D eigenvalue weighted by Gasteiger charge is -2.23. The van der Waals surface area contributed by atoms with Crippen molar-refractivity contribution in [1.82, 2.24) is 10.2 Å². The molecule has 0 heterocycles. The predicted octanol–water partition coefficient (Wildman–Crippen LogP) is 2.85. The first kappa shape index (κ1) is 21.8. The fraction of sp³-hybridized carbons (Fsp3) is 0.550. The van der Waals surface area contributed by atoms with Gasteiger partial charge in [-0.05, 0) is 36.5 Å². The average molecular weight is 396 g/mol. The number of halogens is 2. The van der Waals surface area contributed by atoms with Crippen molar-refractivity contribution >= 4 is 17.8 Å². The molecule has 1 aliphatic rings. The highest BCUT2D eigenvalue weighted by atomic mass is 19.2. The second kappa shape index (κ2) is 10.7. The van der Waals surface area contributed by atoms with E-state index in [2.05, 4.69) is 5.32 Å². The molecule has 0 saturated heterocycles. The summed E-state index contributed by atoms with van der Waals surface area (Å²) >= 11 is 0. The van der Waals surface area contributed by atoms with Crippen molar-refractivity contribution in [1.29, 1.82) is 0 Å². The summed E-state index contributed by atoms with van der Waals surface area (Å²) < 4.78 is 26.5. The topological polar surface area (TPSA) is 86.7 Å². The van der Waals surface area contributed by atoms with Gasteiger partial charge < -0.3 is 15.3 Å². The molecule has 1 fully saturated rings. The Labute approximate surface area is 162 Å². The molecule has 0 aliphatic heterocycles. The van der Waals surface area contributed by atoms with E-state index in [9.17, 15) is 23.2 Å². The summed E-state index contributed by atoms with van der Waals surface area (Å²) in [4.78, 5) is 36.6. The number of hydrogen-bond acceptors (Lipinski definition) is 3. The van der Waals surface area contributed by atoms with Crippen LogP contribution in [0.25, 0.3) is 0 Å². The maximum absolute atomic E-state index is 13.4. The average Bonchev–Trinajstić information content (AvgIpc) is 2.66. The fourth-order valence-electron chi connectivity index (χ4n) is 3.39. The van der Waals surface area contributed by atoms with E-state index in [4.69, 9.17) is 5.11 Å². The summed E-state index contributed by atoms with van der Waals surface area (Å²) in [6.45, 7) is -0.414. The number of hydrogen-bond donors (Lipinski definition) is 2. The molecule has 0 spiro atoms. The van der Waals surface area contributed by atoms with Gasteiger partial charge in [-0.15, -0.1) is 0 Å². The monoisotopic (exact) mass is 396 g/mol. The summed E-state index contributed by atoms with van der Waals surface area (Å²) in [5.41, 5.74) is 0.339. The Morgan fingerprint density at radius 2 is 1.82 bits per heavy atom. The van der Waals surface area contributed by atoms with Crippen LogP contribution < -0.4 is 5.32 Å². The van der Waals surface area contributed by atoms with Gasteiger partial charge in [0.25, 0.3) is 0 Å². The number of carboxylic acids is 1. The zero-order chi connectivity index (χ0) is 20.5. The van der Waals surface area contributed by atoms with Gasteiger partial charge in [0, 0.05) is 19.5 Å². The standard InChI is InChI=1S/C20H26F2N2O4/c21-16-7-6-15(10-17(16)22)13-24(9-8-20(27)28)19(26)12-23-18(25)11-14-4-2-1-3-5-14/h6-7,10,14H,1-5,8-9,11-13H2,(H,23,25)(H,27,28). The number of benzene rings is 1. The van der Waals surface area contributed by atoms with Crippen molar-refractivity contribution in [3.63, 3.8) is 0 Å². The maximum atomic E-state index is 13.4. The summed E-state index contributed by atoms with van der Waals surface area (Å²) in [6.07, 6.45) is 5.56. The molecule has 1 aliphatic carbocycles. The zero-order valence-corrected chi connectivity index (χ0v) is 15.8. The molecular formula is C20H26F2N2O4. The Kier molecular flexibility index (Phi) is 8.35. The molecule has 2 rings (SSSR count). The third-order valence-corrected chi connectivity index (χ3v) is 4.94. The molecular weight excluding hydrogens is 370 g/mol. The third-order valence-electron chi connectivity index (χ3n) is 4.94. The summed E-state index contributed by atoms with van der Waals surface area (Å²) in [7, 11) is 0. The molecule has 2 amide bonds. The minimum atomic E-state index is -1.08. The van der Waals surface area contributed by atoms with Crippen LogP contribution in [0.4, 0.5) is 8.78 Å². The Morgan fingerprint density at radius 3 is 2.46 bits per heavy atom. The van der Waals surface area contributed by atoms with E-state index in [0.717, 1.165) is 37.8 Å². The van der Waals surface area contributed by atoms with Crippen LogP contribution in [0.5, 0.6) is 0 Å². The van der Waals surface area contributed by atoms with Crippen LogP contribution in [0.15, 0.2) is 18.2 Å². The lowest BCUT2D eigenvalue weighted by Crippen LogP contribution is -2.41. The molecule has 6 nitrogen and oxygen atoms in total. The van der Waals surface area contributed by atoms with Gasteiger partial charge in [-0.3, -0.25) is 14.4 Å². The quantitative estimate of drug-likeness (QED) is 0.672. The van der Waals surface area contributed by atoms with Gasteiger partial charge in [0.15, 0.2) is 11.6 Å². The van der Waals surface area contributed by atoms with Crippen LogP contribution in [0.1, 0.15) is 50.5 Å². The Bertz CT molecular complexity index is 705. The number of rotatable bonds is 9. The Balaban J connectivity index is 1.90. The van der Waals surface area contributed by atoms with E-state index in [1.807, 2.05) is 0 Å². The van der Waals surface area contributed by atoms with Crippen molar-refractivity contribution in [2.45, 2.75) is 51.5 Å². The molecule has 0 bridgehead atoms. The zero-order valence-electron chi connectivity index (χ0n) is 15.8. The smallest absolute Gasteiger partial charge is 0.305 e. The van der Waals surface area contributed by atoms with Crippen LogP contribution in [0.2, 0.25) is 0 Å². The van der Waals surface area contributed by atoms with E-state index in [1.54, 1.807) is 0 Å². The van der Waals surface area contributed by atoms with Crippen molar-refractivity contribution < 1.29 is 28.3 Å². The number of nitrogens with one attached hydrogen (secondary N) is 1. The van der Waals surface area contributed by atoms with E-state index < -0.39 is 23.5 Å². The van der Waals surface area contributed by atoms with E-state index in [-0.39, 0.29) is 32.0 Å².